The molecule has 0 unspecified atom stereocenters. The molecule has 0 N–H and O–H groups in total. The van der Waals surface area contributed by atoms with Gasteiger partial charge in [0.1, 0.15) is 0 Å². The summed E-state index contributed by atoms with van der Waals surface area (Å²) in [6, 6.07) is 0. The van der Waals surface area contributed by atoms with Crippen LogP contribution < -0.4 is 0 Å². The van der Waals surface area contributed by atoms with Gasteiger partial charge < -0.3 is 4.81 Å². The molecule has 0 aromatic carbocycles. The molecule has 2 heteroatoms. The van der Waals surface area contributed by atoms with Crippen LogP contribution in [-0.4, -0.2) is 19.3 Å². The molecule has 0 saturated carbocycles. The third-order valence-corrected chi connectivity index (χ3v) is 1.24. The second kappa shape index (κ2) is 2.06. The Morgan fingerprint density at radius 1 is 1.57 bits per heavy atom. The van der Waals surface area contributed by atoms with Crippen molar-refractivity contribution < 1.29 is 0 Å². The minimum atomic E-state index is 1.23. The summed E-state index contributed by atoms with van der Waals surface area (Å²) in [5.74, 6) is 0. The zero-order chi connectivity index (χ0) is 5.11. The van der Waals surface area contributed by atoms with Crippen LogP contribution in [0.4, 0.5) is 0 Å². The Kier molecular flexibility index (Phi) is 1.40. The van der Waals surface area contributed by atoms with Gasteiger partial charge >= 0.3 is 0 Å². The molecular weight excluding hydrogens is 84.9 g/mol. The van der Waals surface area contributed by atoms with E-state index in [0.717, 1.165) is 0 Å². The van der Waals surface area contributed by atoms with Crippen molar-refractivity contribution in [1.29, 1.82) is 0 Å². The lowest BCUT2D eigenvalue weighted by atomic mass is 10.2. The molecule has 1 nitrogen and oxygen atoms in total. The molecule has 0 saturated heterocycles. The molecular formula is C5H10BN. The van der Waals surface area contributed by atoms with Gasteiger partial charge in [-0.3, -0.25) is 0 Å². The molecule has 1 heterocycles. The summed E-state index contributed by atoms with van der Waals surface area (Å²) < 4.78 is 0. The fourth-order valence-corrected chi connectivity index (χ4v) is 0.788. The van der Waals surface area contributed by atoms with Crippen LogP contribution in [0.1, 0.15) is 12.8 Å². The van der Waals surface area contributed by atoms with Gasteiger partial charge in [-0.25, -0.2) is 0 Å². The topological polar surface area (TPSA) is 3.24 Å². The van der Waals surface area contributed by atoms with Crippen LogP contribution in [0.15, 0.2) is 12.3 Å². The Balaban J connectivity index is 2.36. The van der Waals surface area contributed by atoms with E-state index in [1.807, 2.05) is 0 Å². The molecule has 0 bridgehead atoms. The predicted octanol–water partition coefficient (Wildman–Crippen LogP) is 0.144. The summed E-state index contributed by atoms with van der Waals surface area (Å²) in [4.78, 5) is 2.21. The predicted molar refractivity (Wildman–Crippen MR) is 33.6 cm³/mol. The highest BCUT2D eigenvalue weighted by Gasteiger charge is 1.93. The third kappa shape index (κ3) is 1.26. The Morgan fingerprint density at radius 2 is 2.43 bits per heavy atom. The van der Waals surface area contributed by atoms with Gasteiger partial charge in [-0.1, -0.05) is 6.08 Å². The van der Waals surface area contributed by atoms with Gasteiger partial charge in [0.25, 0.3) is 0 Å². The first-order valence-electron chi connectivity index (χ1n) is 2.76. The summed E-state index contributed by atoms with van der Waals surface area (Å²) in [5, 5.41) is 0. The van der Waals surface area contributed by atoms with Crippen molar-refractivity contribution in [2.75, 3.05) is 6.54 Å². The number of nitrogens with zero attached hydrogens (tertiary/aromatic N) is 1. The maximum absolute atomic E-state index is 2.21. The molecule has 38 valence electrons. The van der Waals surface area contributed by atoms with Crippen LogP contribution in [0.3, 0.4) is 0 Å². The lowest BCUT2D eigenvalue weighted by Crippen LogP contribution is -2.16. The van der Waals surface area contributed by atoms with Crippen molar-refractivity contribution in [3.8, 4) is 0 Å². The lowest BCUT2D eigenvalue weighted by Gasteiger charge is -2.16. The molecule has 0 aromatic heterocycles. The van der Waals surface area contributed by atoms with E-state index in [1.54, 1.807) is 0 Å². The van der Waals surface area contributed by atoms with Gasteiger partial charge in [-0.05, 0) is 19.0 Å². The van der Waals surface area contributed by atoms with Crippen molar-refractivity contribution in [2.24, 2.45) is 0 Å². The second-order valence-corrected chi connectivity index (χ2v) is 2.01. The maximum atomic E-state index is 2.21. The SMILES string of the molecule is BN1C=CCCC1. The molecule has 1 rings (SSSR count). The van der Waals surface area contributed by atoms with Gasteiger partial charge in [0.05, 0.1) is 0 Å². The van der Waals surface area contributed by atoms with Crippen molar-refractivity contribution in [3.63, 3.8) is 0 Å². The van der Waals surface area contributed by atoms with Gasteiger partial charge in [-0.2, -0.15) is 0 Å². The van der Waals surface area contributed by atoms with E-state index in [0.29, 0.717) is 0 Å². The molecule has 0 spiro atoms. The summed E-state index contributed by atoms with van der Waals surface area (Å²) in [7, 11) is 2.11. The van der Waals surface area contributed by atoms with Crippen molar-refractivity contribution in [3.05, 3.63) is 12.3 Å². The number of hydrogen-bond acceptors (Lipinski definition) is 1. The van der Waals surface area contributed by atoms with Crippen LogP contribution >= 0.6 is 0 Å². The molecule has 1 aliphatic heterocycles. The van der Waals surface area contributed by atoms with Gasteiger partial charge in [0.15, 0.2) is 0 Å². The quantitative estimate of drug-likeness (QED) is 0.387. The largest absolute Gasteiger partial charge is 0.428 e. The Labute approximate surface area is 45.4 Å². The Hall–Kier alpha value is -0.395. The van der Waals surface area contributed by atoms with Crippen molar-refractivity contribution in [1.82, 2.24) is 4.81 Å². The first kappa shape index (κ1) is 4.76. The molecule has 0 radical (unpaired) electrons. The molecule has 0 aliphatic carbocycles. The van der Waals surface area contributed by atoms with Gasteiger partial charge in [-0.15, -0.1) is 0 Å². The average Bonchev–Trinajstić information content (AvgIpc) is 1.69. The summed E-state index contributed by atoms with van der Waals surface area (Å²) in [6.07, 6.45) is 6.95. The van der Waals surface area contributed by atoms with Crippen LogP contribution in [-0.2, 0) is 0 Å². The van der Waals surface area contributed by atoms with Crippen molar-refractivity contribution in [2.45, 2.75) is 12.8 Å². The molecule has 0 amide bonds. The van der Waals surface area contributed by atoms with E-state index in [1.165, 1.54) is 19.4 Å². The summed E-state index contributed by atoms with van der Waals surface area (Å²) >= 11 is 0. The average molecular weight is 95.0 g/mol. The lowest BCUT2D eigenvalue weighted by molar-refractivity contribution is 0.544. The monoisotopic (exact) mass is 95.1 g/mol. The van der Waals surface area contributed by atoms with Crippen LogP contribution in [0.5, 0.6) is 0 Å². The second-order valence-electron chi connectivity index (χ2n) is 2.01. The molecule has 7 heavy (non-hydrogen) atoms. The van der Waals surface area contributed by atoms with Crippen LogP contribution in [0, 0.1) is 0 Å². The maximum Gasteiger partial charge on any atom is 0.216 e. The fraction of sp³-hybridized carbons (Fsp3) is 0.600. The van der Waals surface area contributed by atoms with E-state index in [-0.39, 0.29) is 0 Å². The normalized spacial score (nSPS) is 20.3. The Morgan fingerprint density at radius 3 is 2.71 bits per heavy atom. The molecule has 0 aromatic rings. The number of hydrogen-bond donors (Lipinski definition) is 0. The van der Waals surface area contributed by atoms with E-state index in [4.69, 9.17) is 0 Å². The summed E-state index contributed by atoms with van der Waals surface area (Å²) in [6.45, 7) is 1.23. The van der Waals surface area contributed by atoms with Crippen molar-refractivity contribution >= 4 is 7.98 Å². The van der Waals surface area contributed by atoms with E-state index >= 15 is 0 Å². The standard InChI is InChI=1S/C5H10BN/c6-7-4-2-1-3-5-7/h2,4H,1,3,5-6H2. The minimum absolute atomic E-state index is 1.23. The Bertz CT molecular complexity index is 80.1. The fourth-order valence-electron chi connectivity index (χ4n) is 0.788. The number of rotatable bonds is 0. The number of allylic oxidation sites excluding steroid dienone is 1. The highest BCUT2D eigenvalue weighted by atomic mass is 15.0. The van der Waals surface area contributed by atoms with Crippen LogP contribution in [0.25, 0.3) is 0 Å². The minimum Gasteiger partial charge on any atom is -0.428 e. The van der Waals surface area contributed by atoms with E-state index < -0.39 is 0 Å². The van der Waals surface area contributed by atoms with E-state index in [9.17, 15) is 0 Å². The molecule has 1 aliphatic rings. The highest BCUT2D eigenvalue weighted by molar-refractivity contribution is 6.05. The van der Waals surface area contributed by atoms with Gasteiger partial charge in [0.2, 0.25) is 7.98 Å². The summed E-state index contributed by atoms with van der Waals surface area (Å²) in [5.41, 5.74) is 0. The van der Waals surface area contributed by atoms with Gasteiger partial charge in [0, 0.05) is 6.54 Å². The smallest absolute Gasteiger partial charge is 0.216 e. The van der Waals surface area contributed by atoms with Crippen LogP contribution in [0.2, 0.25) is 0 Å². The zero-order valence-electron chi connectivity index (χ0n) is 4.72. The zero-order valence-corrected chi connectivity index (χ0v) is 4.72. The highest BCUT2D eigenvalue weighted by Crippen LogP contribution is 2.00. The third-order valence-electron chi connectivity index (χ3n) is 1.24. The van der Waals surface area contributed by atoms with E-state index in [2.05, 4.69) is 25.1 Å². The first-order valence-corrected chi connectivity index (χ1v) is 2.76. The molecule has 0 atom stereocenters. The first-order chi connectivity index (χ1) is 3.39. The molecule has 0 fully saturated rings.